The first-order valence-corrected chi connectivity index (χ1v) is 10.5. The number of anilines is 3. The fourth-order valence-corrected chi connectivity index (χ4v) is 3.76. The van der Waals surface area contributed by atoms with Crippen LogP contribution in [0.2, 0.25) is 0 Å². The Morgan fingerprint density at radius 2 is 1.55 bits per heavy atom. The number of imide groups is 1. The van der Waals surface area contributed by atoms with Crippen LogP contribution in [0.25, 0.3) is 0 Å². The molecule has 0 bridgehead atoms. The summed E-state index contributed by atoms with van der Waals surface area (Å²) < 4.78 is 0. The standard InChI is InChI=1S/C25H20ClN3O4/c1-14-11-15(2)13-18(12-14)29-24(32)21(26)22(25(29)33)27-17-9-7-16(8-10-17)23(31)28-19-5-3-4-6-20(19)30/h3-13,27,30H,1-2H3,(H,28,31). The van der Waals surface area contributed by atoms with Gasteiger partial charge in [-0.05, 0) is 73.5 Å². The van der Waals surface area contributed by atoms with Gasteiger partial charge in [0.15, 0.2) is 0 Å². The first-order chi connectivity index (χ1) is 15.7. The van der Waals surface area contributed by atoms with E-state index in [9.17, 15) is 19.5 Å². The van der Waals surface area contributed by atoms with Crippen LogP contribution in [0, 0.1) is 13.8 Å². The van der Waals surface area contributed by atoms with E-state index in [1.807, 2.05) is 19.9 Å². The number of hydrogen-bond donors (Lipinski definition) is 3. The van der Waals surface area contributed by atoms with E-state index in [1.165, 1.54) is 6.07 Å². The van der Waals surface area contributed by atoms with Crippen molar-refractivity contribution in [1.82, 2.24) is 0 Å². The molecule has 3 N–H and O–H groups in total. The number of hydrogen-bond acceptors (Lipinski definition) is 5. The number of aromatic hydroxyl groups is 1. The number of phenolic OH excluding ortho intramolecular Hbond substituents is 1. The Hall–Kier alpha value is -4.10. The molecule has 1 aliphatic heterocycles. The van der Waals surface area contributed by atoms with Crippen LogP contribution in [0.5, 0.6) is 5.75 Å². The Bertz CT molecular complexity index is 1300. The van der Waals surface area contributed by atoms with Crippen molar-refractivity contribution in [2.45, 2.75) is 13.8 Å². The molecule has 0 unspecified atom stereocenters. The lowest BCUT2D eigenvalue weighted by atomic mass is 10.1. The van der Waals surface area contributed by atoms with E-state index < -0.39 is 17.7 Å². The molecular formula is C25H20ClN3O4. The van der Waals surface area contributed by atoms with Crippen LogP contribution in [0.3, 0.4) is 0 Å². The minimum Gasteiger partial charge on any atom is -0.506 e. The molecule has 33 heavy (non-hydrogen) atoms. The molecule has 7 nitrogen and oxygen atoms in total. The zero-order chi connectivity index (χ0) is 23.7. The molecular weight excluding hydrogens is 442 g/mol. The molecule has 0 radical (unpaired) electrons. The zero-order valence-corrected chi connectivity index (χ0v) is 18.6. The fraction of sp³-hybridized carbons (Fsp3) is 0.0800. The van der Waals surface area contributed by atoms with E-state index in [1.54, 1.807) is 54.6 Å². The molecule has 1 aliphatic rings. The average Bonchev–Trinajstić information content (AvgIpc) is 2.98. The van der Waals surface area contributed by atoms with Crippen molar-refractivity contribution in [2.24, 2.45) is 0 Å². The molecule has 1 heterocycles. The van der Waals surface area contributed by atoms with E-state index in [-0.39, 0.29) is 16.5 Å². The summed E-state index contributed by atoms with van der Waals surface area (Å²) >= 11 is 6.20. The molecule has 0 saturated carbocycles. The number of amides is 3. The van der Waals surface area contributed by atoms with E-state index in [0.29, 0.717) is 22.6 Å². The number of nitrogens with zero attached hydrogens (tertiary/aromatic N) is 1. The second-order valence-electron chi connectivity index (χ2n) is 7.65. The summed E-state index contributed by atoms with van der Waals surface area (Å²) in [6.07, 6.45) is 0. The van der Waals surface area contributed by atoms with E-state index in [0.717, 1.165) is 16.0 Å². The number of nitrogens with one attached hydrogen (secondary N) is 2. The maximum atomic E-state index is 13.0. The molecule has 0 spiro atoms. The summed E-state index contributed by atoms with van der Waals surface area (Å²) in [5.41, 5.74) is 3.37. The lowest BCUT2D eigenvalue weighted by Gasteiger charge is -2.16. The summed E-state index contributed by atoms with van der Waals surface area (Å²) in [7, 11) is 0. The van der Waals surface area contributed by atoms with Gasteiger partial charge in [-0.15, -0.1) is 0 Å². The van der Waals surface area contributed by atoms with E-state index in [4.69, 9.17) is 11.6 Å². The summed E-state index contributed by atoms with van der Waals surface area (Å²) in [6.45, 7) is 3.76. The Kier molecular flexibility index (Phi) is 5.89. The molecule has 3 aromatic rings. The third kappa shape index (κ3) is 4.44. The topological polar surface area (TPSA) is 98.7 Å². The molecule has 0 saturated heterocycles. The normalized spacial score (nSPS) is 13.5. The van der Waals surface area contributed by atoms with Gasteiger partial charge in [0, 0.05) is 11.3 Å². The molecule has 0 aromatic heterocycles. The van der Waals surface area contributed by atoms with Crippen LogP contribution in [0.1, 0.15) is 21.5 Å². The summed E-state index contributed by atoms with van der Waals surface area (Å²) in [4.78, 5) is 39.1. The van der Waals surface area contributed by atoms with Crippen molar-refractivity contribution in [2.75, 3.05) is 15.5 Å². The minimum absolute atomic E-state index is 0.0350. The van der Waals surface area contributed by atoms with E-state index >= 15 is 0 Å². The lowest BCUT2D eigenvalue weighted by Crippen LogP contribution is -2.32. The third-order valence-electron chi connectivity index (χ3n) is 5.06. The van der Waals surface area contributed by atoms with Crippen LogP contribution in [0.15, 0.2) is 77.5 Å². The first-order valence-electron chi connectivity index (χ1n) is 10.1. The van der Waals surface area contributed by atoms with Crippen molar-refractivity contribution in [3.05, 3.63) is 94.1 Å². The number of rotatable bonds is 5. The predicted octanol–water partition coefficient (Wildman–Crippen LogP) is 4.70. The van der Waals surface area contributed by atoms with Crippen LogP contribution in [-0.2, 0) is 9.59 Å². The predicted molar refractivity (Wildman–Crippen MR) is 127 cm³/mol. The van der Waals surface area contributed by atoms with Gasteiger partial charge in [-0.3, -0.25) is 14.4 Å². The maximum Gasteiger partial charge on any atom is 0.283 e. The Labute approximate surface area is 195 Å². The Morgan fingerprint density at radius 3 is 2.18 bits per heavy atom. The van der Waals surface area contributed by atoms with Crippen LogP contribution in [0.4, 0.5) is 17.1 Å². The van der Waals surface area contributed by atoms with Crippen LogP contribution < -0.4 is 15.5 Å². The van der Waals surface area contributed by atoms with Gasteiger partial charge in [0.05, 0.1) is 11.4 Å². The summed E-state index contributed by atoms with van der Waals surface area (Å²) in [5.74, 6) is -1.61. The quantitative estimate of drug-likeness (QED) is 0.378. The fourth-order valence-electron chi connectivity index (χ4n) is 3.55. The highest BCUT2D eigenvalue weighted by molar-refractivity contribution is 6.53. The molecule has 8 heteroatoms. The van der Waals surface area contributed by atoms with Crippen LogP contribution >= 0.6 is 11.6 Å². The maximum absolute atomic E-state index is 13.0. The van der Waals surface area contributed by atoms with Crippen molar-refractivity contribution in [3.63, 3.8) is 0 Å². The molecule has 166 valence electrons. The minimum atomic E-state index is -0.604. The summed E-state index contributed by atoms with van der Waals surface area (Å²) in [6, 6.07) is 18.1. The van der Waals surface area contributed by atoms with Gasteiger partial charge in [0.1, 0.15) is 16.5 Å². The molecule has 0 fully saturated rings. The van der Waals surface area contributed by atoms with Crippen LogP contribution in [-0.4, -0.2) is 22.8 Å². The van der Waals surface area contributed by atoms with Crippen molar-refractivity contribution in [3.8, 4) is 5.75 Å². The van der Waals surface area contributed by atoms with Crippen molar-refractivity contribution in [1.29, 1.82) is 0 Å². The highest BCUT2D eigenvalue weighted by atomic mass is 35.5. The number of para-hydroxylation sites is 2. The van der Waals surface area contributed by atoms with Gasteiger partial charge in [0.25, 0.3) is 17.7 Å². The smallest absolute Gasteiger partial charge is 0.283 e. The van der Waals surface area contributed by atoms with Crippen molar-refractivity contribution < 1.29 is 19.5 Å². The van der Waals surface area contributed by atoms with Gasteiger partial charge in [-0.2, -0.15) is 0 Å². The van der Waals surface area contributed by atoms with Gasteiger partial charge in [-0.25, -0.2) is 4.90 Å². The monoisotopic (exact) mass is 461 g/mol. The summed E-state index contributed by atoms with van der Waals surface area (Å²) in [5, 5.41) is 15.1. The molecule has 4 rings (SSSR count). The van der Waals surface area contributed by atoms with E-state index in [2.05, 4.69) is 10.6 Å². The molecule has 0 aliphatic carbocycles. The first kappa shape index (κ1) is 22.1. The number of phenols is 1. The second kappa shape index (κ2) is 8.80. The highest BCUT2D eigenvalue weighted by Crippen LogP contribution is 2.31. The Balaban J connectivity index is 1.50. The van der Waals surface area contributed by atoms with Gasteiger partial charge in [0.2, 0.25) is 0 Å². The number of aryl methyl sites for hydroxylation is 2. The SMILES string of the molecule is Cc1cc(C)cc(N2C(=O)C(Cl)=C(Nc3ccc(C(=O)Nc4ccccc4O)cc3)C2=O)c1. The highest BCUT2D eigenvalue weighted by Gasteiger charge is 2.39. The molecule has 0 atom stereocenters. The number of carbonyl (C=O) groups is 3. The third-order valence-corrected chi connectivity index (χ3v) is 5.41. The second-order valence-corrected chi connectivity index (χ2v) is 8.03. The largest absolute Gasteiger partial charge is 0.506 e. The average molecular weight is 462 g/mol. The lowest BCUT2D eigenvalue weighted by molar-refractivity contribution is -0.120. The molecule has 3 amide bonds. The zero-order valence-electron chi connectivity index (χ0n) is 17.8. The Morgan fingerprint density at radius 1 is 0.909 bits per heavy atom. The number of carbonyl (C=O) groups excluding carboxylic acids is 3. The molecule has 3 aromatic carbocycles. The van der Waals surface area contributed by atoms with Gasteiger partial charge < -0.3 is 15.7 Å². The van der Waals surface area contributed by atoms with Crippen molar-refractivity contribution >= 4 is 46.4 Å². The number of benzene rings is 3. The van der Waals surface area contributed by atoms with Gasteiger partial charge in [-0.1, -0.05) is 29.8 Å². The van der Waals surface area contributed by atoms with Gasteiger partial charge >= 0.3 is 0 Å². The number of halogens is 1.